The minimum Gasteiger partial charge on any atom is -0.399 e. The number of hydrogen-bond acceptors (Lipinski definition) is 6. The Morgan fingerprint density at radius 1 is 1.24 bits per heavy atom. The average molecular weight is 282 g/mol. The molecular weight excluding hydrogens is 268 g/mol. The van der Waals surface area contributed by atoms with Gasteiger partial charge in [-0.05, 0) is 17.7 Å². The highest BCUT2D eigenvalue weighted by Gasteiger charge is 2.12. The van der Waals surface area contributed by atoms with E-state index in [2.05, 4.69) is 9.97 Å². The molecule has 106 valence electrons. The number of primary amides is 1. The van der Waals surface area contributed by atoms with E-state index in [0.29, 0.717) is 18.1 Å². The highest BCUT2D eigenvalue weighted by molar-refractivity contribution is 5.79. The predicted molar refractivity (Wildman–Crippen MR) is 77.8 cm³/mol. The van der Waals surface area contributed by atoms with E-state index in [4.69, 9.17) is 16.7 Å². The van der Waals surface area contributed by atoms with Crippen LogP contribution in [-0.4, -0.2) is 22.4 Å². The van der Waals surface area contributed by atoms with Crippen molar-refractivity contribution in [2.24, 2.45) is 5.73 Å². The summed E-state index contributed by atoms with van der Waals surface area (Å²) in [6, 6.07) is 9.18. The van der Waals surface area contributed by atoms with Gasteiger partial charge in [-0.15, -0.1) is 0 Å². The predicted octanol–water partition coefficient (Wildman–Crippen LogP) is 0.422. The highest BCUT2D eigenvalue weighted by Crippen LogP contribution is 2.14. The summed E-state index contributed by atoms with van der Waals surface area (Å²) in [5, 5.41) is 8.72. The number of nitrogen functional groups attached to an aromatic ring is 1. The number of amides is 1. The molecule has 0 saturated heterocycles. The zero-order chi connectivity index (χ0) is 15.2. The van der Waals surface area contributed by atoms with Gasteiger partial charge >= 0.3 is 0 Å². The zero-order valence-electron chi connectivity index (χ0n) is 11.2. The van der Waals surface area contributed by atoms with Gasteiger partial charge in [0, 0.05) is 12.2 Å². The molecule has 0 fully saturated rings. The van der Waals surface area contributed by atoms with Crippen LogP contribution in [0.1, 0.15) is 11.3 Å². The normalized spacial score (nSPS) is 9.86. The fraction of sp³-hybridized carbons (Fsp3) is 0.143. The Morgan fingerprint density at radius 2 is 1.95 bits per heavy atom. The molecule has 4 N–H and O–H groups in total. The van der Waals surface area contributed by atoms with Crippen LogP contribution in [0.25, 0.3) is 0 Å². The first-order chi connectivity index (χ1) is 10.1. The quantitative estimate of drug-likeness (QED) is 0.766. The number of hydrogen-bond donors (Lipinski definition) is 2. The van der Waals surface area contributed by atoms with Crippen LogP contribution in [0, 0.1) is 11.3 Å². The van der Waals surface area contributed by atoms with Gasteiger partial charge in [0.05, 0.1) is 18.9 Å². The molecule has 0 spiro atoms. The number of nitrogens with zero attached hydrogens (tertiary/aromatic N) is 4. The summed E-state index contributed by atoms with van der Waals surface area (Å²) in [6.07, 6.45) is 2.80. The summed E-state index contributed by atoms with van der Waals surface area (Å²) in [7, 11) is 0. The Morgan fingerprint density at radius 3 is 2.48 bits per heavy atom. The van der Waals surface area contributed by atoms with E-state index < -0.39 is 5.91 Å². The molecule has 1 amide bonds. The Hall–Kier alpha value is -3.14. The molecule has 0 atom stereocenters. The maximum atomic E-state index is 11.2. The van der Waals surface area contributed by atoms with Crippen molar-refractivity contribution in [3.63, 3.8) is 0 Å². The number of nitriles is 1. The smallest absolute Gasteiger partial charge is 0.237 e. The van der Waals surface area contributed by atoms with E-state index in [9.17, 15) is 4.79 Å². The molecule has 0 aliphatic rings. The topological polar surface area (TPSA) is 122 Å². The number of rotatable bonds is 5. The van der Waals surface area contributed by atoms with E-state index in [1.807, 2.05) is 18.2 Å². The first-order valence-corrected chi connectivity index (χ1v) is 6.18. The number of carbonyl (C=O) groups excluding carboxylic acids is 1. The lowest BCUT2D eigenvalue weighted by molar-refractivity contribution is -0.116. The minimum atomic E-state index is -0.475. The van der Waals surface area contributed by atoms with Crippen LogP contribution in [0.2, 0.25) is 0 Å². The molecule has 0 bridgehead atoms. The zero-order valence-corrected chi connectivity index (χ0v) is 11.2. The van der Waals surface area contributed by atoms with Crippen LogP contribution >= 0.6 is 0 Å². The van der Waals surface area contributed by atoms with Gasteiger partial charge in [-0.2, -0.15) is 5.26 Å². The van der Waals surface area contributed by atoms with Gasteiger partial charge in [-0.25, -0.2) is 9.97 Å². The van der Waals surface area contributed by atoms with Crippen LogP contribution in [0.4, 0.5) is 11.5 Å². The number of benzene rings is 1. The summed E-state index contributed by atoms with van der Waals surface area (Å²) in [5.41, 5.74) is 12.7. The second-order valence-corrected chi connectivity index (χ2v) is 4.44. The molecule has 0 saturated carbocycles. The lowest BCUT2D eigenvalue weighted by atomic mass is 10.2. The Bertz CT molecular complexity index is 659. The van der Waals surface area contributed by atoms with Crippen molar-refractivity contribution in [1.82, 2.24) is 9.97 Å². The fourth-order valence-electron chi connectivity index (χ4n) is 1.79. The van der Waals surface area contributed by atoms with Crippen molar-refractivity contribution < 1.29 is 4.79 Å². The van der Waals surface area contributed by atoms with Gasteiger partial charge in [-0.1, -0.05) is 12.1 Å². The van der Waals surface area contributed by atoms with Crippen molar-refractivity contribution >= 4 is 17.4 Å². The second kappa shape index (κ2) is 6.34. The Kier molecular flexibility index (Phi) is 4.31. The Balaban J connectivity index is 2.22. The van der Waals surface area contributed by atoms with Crippen LogP contribution in [0.15, 0.2) is 36.7 Å². The molecule has 1 aromatic carbocycles. The van der Waals surface area contributed by atoms with Gasteiger partial charge in [0.25, 0.3) is 0 Å². The maximum Gasteiger partial charge on any atom is 0.237 e. The van der Waals surface area contributed by atoms with Crippen molar-refractivity contribution in [2.75, 3.05) is 17.2 Å². The summed E-state index contributed by atoms with van der Waals surface area (Å²) in [5.74, 6) is 0.00114. The molecule has 2 aromatic rings. The van der Waals surface area contributed by atoms with Crippen LogP contribution in [0.5, 0.6) is 0 Å². The van der Waals surface area contributed by atoms with Gasteiger partial charge < -0.3 is 16.4 Å². The van der Waals surface area contributed by atoms with Crippen molar-refractivity contribution in [2.45, 2.75) is 6.54 Å². The first-order valence-electron chi connectivity index (χ1n) is 6.18. The monoisotopic (exact) mass is 282 g/mol. The molecule has 0 aliphatic carbocycles. The lowest BCUT2D eigenvalue weighted by Gasteiger charge is -2.21. The number of aromatic nitrogens is 2. The molecule has 7 heteroatoms. The molecule has 0 radical (unpaired) electrons. The molecule has 21 heavy (non-hydrogen) atoms. The summed E-state index contributed by atoms with van der Waals surface area (Å²) in [6.45, 7) is 0.439. The average Bonchev–Trinajstić information content (AvgIpc) is 2.48. The van der Waals surface area contributed by atoms with Crippen molar-refractivity contribution in [1.29, 1.82) is 5.26 Å². The fourth-order valence-corrected chi connectivity index (χ4v) is 1.79. The van der Waals surface area contributed by atoms with Gasteiger partial charge in [-0.3, -0.25) is 4.79 Å². The standard InChI is InChI=1S/C14H14N6O/c15-5-12-6-19-14(7-18-12)20(9-13(17)21)8-10-1-3-11(16)4-2-10/h1-4,6-7H,8-9,16H2,(H2,17,21). The Labute approximate surface area is 121 Å². The summed E-state index contributed by atoms with van der Waals surface area (Å²) in [4.78, 5) is 21.0. The molecule has 7 nitrogen and oxygen atoms in total. The largest absolute Gasteiger partial charge is 0.399 e. The van der Waals surface area contributed by atoms with Gasteiger partial charge in [0.1, 0.15) is 11.9 Å². The summed E-state index contributed by atoms with van der Waals surface area (Å²) < 4.78 is 0. The molecule has 1 heterocycles. The molecule has 1 aromatic heterocycles. The van der Waals surface area contributed by atoms with Gasteiger partial charge in [0.15, 0.2) is 5.69 Å². The van der Waals surface area contributed by atoms with E-state index >= 15 is 0 Å². The second-order valence-electron chi connectivity index (χ2n) is 4.44. The number of anilines is 2. The third kappa shape index (κ3) is 3.91. The number of nitrogens with two attached hydrogens (primary N) is 2. The third-order valence-corrected chi connectivity index (χ3v) is 2.78. The maximum absolute atomic E-state index is 11.2. The lowest BCUT2D eigenvalue weighted by Crippen LogP contribution is -2.34. The molecule has 0 unspecified atom stereocenters. The molecule has 0 aliphatic heterocycles. The molecular formula is C14H14N6O. The van der Waals surface area contributed by atoms with Crippen LogP contribution in [0.3, 0.4) is 0 Å². The van der Waals surface area contributed by atoms with Crippen molar-refractivity contribution in [3.8, 4) is 6.07 Å². The highest BCUT2D eigenvalue weighted by atomic mass is 16.1. The van der Waals surface area contributed by atoms with E-state index in [1.54, 1.807) is 17.0 Å². The van der Waals surface area contributed by atoms with Crippen molar-refractivity contribution in [3.05, 3.63) is 47.9 Å². The van der Waals surface area contributed by atoms with Crippen LogP contribution in [-0.2, 0) is 11.3 Å². The van der Waals surface area contributed by atoms with E-state index in [-0.39, 0.29) is 12.2 Å². The summed E-state index contributed by atoms with van der Waals surface area (Å²) >= 11 is 0. The van der Waals surface area contributed by atoms with E-state index in [0.717, 1.165) is 5.56 Å². The van der Waals surface area contributed by atoms with Gasteiger partial charge in [0.2, 0.25) is 5.91 Å². The van der Waals surface area contributed by atoms with Crippen LogP contribution < -0.4 is 16.4 Å². The third-order valence-electron chi connectivity index (χ3n) is 2.78. The SMILES string of the molecule is N#Cc1cnc(N(CC(N)=O)Cc2ccc(N)cc2)cn1. The number of carbonyl (C=O) groups is 1. The van der Waals surface area contributed by atoms with E-state index in [1.165, 1.54) is 12.4 Å². The first kappa shape index (κ1) is 14.3. The molecule has 2 rings (SSSR count). The minimum absolute atomic E-state index is 0.00492.